The molecule has 5 aromatic rings. The van der Waals surface area contributed by atoms with Crippen LogP contribution in [-0.2, 0) is 26.2 Å². The van der Waals surface area contributed by atoms with Gasteiger partial charge in [0.2, 0.25) is 0 Å². The normalized spacial score (nSPS) is 11.3. The van der Waals surface area contributed by atoms with E-state index in [4.69, 9.17) is 4.98 Å². The number of benzene rings is 1. The van der Waals surface area contributed by atoms with E-state index in [1.54, 1.807) is 35.7 Å². The molecule has 10 nitrogen and oxygen atoms in total. The van der Waals surface area contributed by atoms with Crippen molar-refractivity contribution in [3.05, 3.63) is 119 Å². The first-order valence-electron chi connectivity index (χ1n) is 14.4. The summed E-state index contributed by atoms with van der Waals surface area (Å²) in [6.45, 7) is 4.39. The number of carboxylic acids is 1. The van der Waals surface area contributed by atoms with Crippen LogP contribution in [0.3, 0.4) is 0 Å². The van der Waals surface area contributed by atoms with Crippen LogP contribution in [0.5, 0.6) is 0 Å². The maximum absolute atomic E-state index is 11.9. The van der Waals surface area contributed by atoms with Gasteiger partial charge in [0.05, 0.1) is 39.8 Å². The number of nitrogens with zero attached hydrogens (tertiary/aromatic N) is 6. The Labute approximate surface area is 265 Å². The number of ketones is 1. The highest BCUT2D eigenvalue weighted by molar-refractivity contribution is 7.18. The molecule has 11 heteroatoms. The smallest absolute Gasteiger partial charge is 0.335 e. The second-order valence-corrected chi connectivity index (χ2v) is 11.8. The van der Waals surface area contributed by atoms with Crippen LogP contribution in [0, 0.1) is 0 Å². The number of aliphatic hydroxyl groups excluding tert-OH is 1. The molecule has 0 unspecified atom stereocenters. The van der Waals surface area contributed by atoms with Crippen LogP contribution in [-0.4, -0.2) is 71.8 Å². The number of aromatic nitrogens is 4. The van der Waals surface area contributed by atoms with Gasteiger partial charge in [-0.1, -0.05) is 30.3 Å². The first-order valence-corrected chi connectivity index (χ1v) is 15.3. The predicted octanol–water partition coefficient (Wildman–Crippen LogP) is 5.19. The van der Waals surface area contributed by atoms with Crippen LogP contribution in [0.25, 0.3) is 21.1 Å². The summed E-state index contributed by atoms with van der Waals surface area (Å²) in [5.41, 5.74) is 5.82. The predicted molar refractivity (Wildman–Crippen MR) is 173 cm³/mol. The lowest BCUT2D eigenvalue weighted by Crippen LogP contribution is -2.33. The molecule has 0 bridgehead atoms. The van der Waals surface area contributed by atoms with Gasteiger partial charge in [0, 0.05) is 56.9 Å². The molecular weight excluding hydrogens is 588 g/mol. The van der Waals surface area contributed by atoms with Gasteiger partial charge in [0.1, 0.15) is 5.01 Å². The summed E-state index contributed by atoms with van der Waals surface area (Å²) in [4.78, 5) is 47.2. The maximum Gasteiger partial charge on any atom is 0.335 e. The molecule has 0 atom stereocenters. The summed E-state index contributed by atoms with van der Waals surface area (Å²) in [6, 6.07) is 20.3. The summed E-state index contributed by atoms with van der Waals surface area (Å²) in [7, 11) is 2.03. The number of carboxylic acid groups (broad SMARTS) is 1. The Morgan fingerprint density at radius 1 is 0.822 bits per heavy atom. The molecule has 45 heavy (non-hydrogen) atoms. The zero-order valence-corrected chi connectivity index (χ0v) is 25.9. The zero-order valence-electron chi connectivity index (χ0n) is 25.1. The van der Waals surface area contributed by atoms with Crippen LogP contribution in [0.2, 0.25) is 0 Å². The summed E-state index contributed by atoms with van der Waals surface area (Å²) in [5.74, 6) is -1.03. The number of carbonyl (C=O) groups is 2. The molecule has 0 fully saturated rings. The Hall–Kier alpha value is -4.68. The molecule has 0 spiro atoms. The molecule has 4 aromatic heterocycles. The number of thiazole rings is 1. The van der Waals surface area contributed by atoms with Gasteiger partial charge in [0.25, 0.3) is 0 Å². The van der Waals surface area contributed by atoms with Gasteiger partial charge >= 0.3 is 5.97 Å². The molecule has 0 amide bonds. The van der Waals surface area contributed by atoms with Crippen LogP contribution >= 0.6 is 11.3 Å². The van der Waals surface area contributed by atoms with E-state index in [1.165, 1.54) is 19.2 Å². The standard InChI is InChI=1S/C34H34N6O4S/c1-23(42)26-10-12-35-29(16-26)20-40(21-30-17-27(34(43)44)11-13-36-30)15-14-39(2)19-28-4-3-5-31(38-28)33-37-18-32(45-33)25-8-6-24(22-41)7-9-25/h3-13,16-18,41H,14-15,19-22H2,1-2H3,(H,43,44). The highest BCUT2D eigenvalue weighted by atomic mass is 32.1. The summed E-state index contributed by atoms with van der Waals surface area (Å²) in [5, 5.41) is 19.6. The van der Waals surface area contributed by atoms with Gasteiger partial charge in [-0.3, -0.25) is 24.6 Å². The summed E-state index contributed by atoms with van der Waals surface area (Å²) in [6.07, 6.45) is 5.00. The fourth-order valence-electron chi connectivity index (χ4n) is 4.81. The van der Waals surface area contributed by atoms with E-state index in [0.717, 1.165) is 38.1 Å². The Kier molecular flexibility index (Phi) is 10.5. The molecule has 4 heterocycles. The Balaban J connectivity index is 1.26. The molecule has 0 aliphatic carbocycles. The third-order valence-electron chi connectivity index (χ3n) is 7.24. The number of hydrogen-bond donors (Lipinski definition) is 2. The SMILES string of the molecule is CC(=O)c1ccnc(CN(CCN(C)Cc2cccc(-c3ncc(-c4ccc(CO)cc4)s3)n2)Cc2cc(C(=O)O)ccn2)c1. The number of rotatable bonds is 14. The number of aromatic carboxylic acids is 1. The maximum atomic E-state index is 11.9. The van der Waals surface area contributed by atoms with Crippen LogP contribution in [0.4, 0.5) is 0 Å². The molecule has 0 aliphatic heterocycles. The highest BCUT2D eigenvalue weighted by Gasteiger charge is 2.15. The van der Waals surface area contributed by atoms with E-state index in [9.17, 15) is 19.8 Å². The number of aliphatic hydroxyl groups is 1. The van der Waals surface area contributed by atoms with E-state index in [0.29, 0.717) is 44.0 Å². The van der Waals surface area contributed by atoms with E-state index < -0.39 is 5.97 Å². The van der Waals surface area contributed by atoms with Crippen molar-refractivity contribution in [1.82, 2.24) is 29.7 Å². The average Bonchev–Trinajstić information content (AvgIpc) is 3.55. The number of pyridine rings is 3. The van der Waals surface area contributed by atoms with Gasteiger partial charge in [0.15, 0.2) is 5.78 Å². The van der Waals surface area contributed by atoms with E-state index >= 15 is 0 Å². The quantitative estimate of drug-likeness (QED) is 0.160. The van der Waals surface area contributed by atoms with Crippen molar-refractivity contribution in [2.75, 3.05) is 20.1 Å². The van der Waals surface area contributed by atoms with Crippen LogP contribution in [0.15, 0.2) is 85.3 Å². The molecule has 1 aromatic carbocycles. The number of Topliss-reactive ketones (excluding diaryl/α,β-unsaturated/α-hetero) is 1. The van der Waals surface area contributed by atoms with Crippen molar-refractivity contribution in [2.24, 2.45) is 0 Å². The van der Waals surface area contributed by atoms with E-state index in [2.05, 4.69) is 24.8 Å². The van der Waals surface area contributed by atoms with Gasteiger partial charge in [-0.2, -0.15) is 0 Å². The van der Waals surface area contributed by atoms with Crippen molar-refractivity contribution >= 4 is 23.1 Å². The minimum atomic E-state index is -0.999. The Morgan fingerprint density at radius 3 is 2.18 bits per heavy atom. The molecule has 0 saturated carbocycles. The van der Waals surface area contributed by atoms with Crippen molar-refractivity contribution in [2.45, 2.75) is 33.2 Å². The second kappa shape index (κ2) is 14.9. The number of carbonyl (C=O) groups excluding carboxylic acids is 1. The zero-order chi connectivity index (χ0) is 31.8. The lowest BCUT2D eigenvalue weighted by Gasteiger charge is -2.25. The number of hydrogen-bond acceptors (Lipinski definition) is 10. The highest BCUT2D eigenvalue weighted by Crippen LogP contribution is 2.31. The lowest BCUT2D eigenvalue weighted by molar-refractivity contribution is 0.0696. The van der Waals surface area contributed by atoms with Crippen molar-refractivity contribution in [1.29, 1.82) is 0 Å². The fraction of sp³-hybridized carbons (Fsp3) is 0.235. The monoisotopic (exact) mass is 622 g/mol. The fourth-order valence-corrected chi connectivity index (χ4v) is 5.70. The summed E-state index contributed by atoms with van der Waals surface area (Å²) >= 11 is 1.58. The first-order chi connectivity index (χ1) is 21.8. The van der Waals surface area contributed by atoms with Crippen molar-refractivity contribution in [3.63, 3.8) is 0 Å². The molecule has 230 valence electrons. The van der Waals surface area contributed by atoms with Crippen molar-refractivity contribution in [3.8, 4) is 21.1 Å². The second-order valence-electron chi connectivity index (χ2n) is 10.8. The van der Waals surface area contributed by atoms with Gasteiger partial charge in [-0.05, 0) is 61.5 Å². The van der Waals surface area contributed by atoms with Crippen LogP contribution in [0.1, 0.15) is 50.3 Å². The molecule has 0 radical (unpaired) electrons. The van der Waals surface area contributed by atoms with Gasteiger partial charge in [-0.15, -0.1) is 11.3 Å². The average molecular weight is 623 g/mol. The number of likely N-dealkylation sites (N-methyl/N-ethyl adjacent to an activating group) is 1. The minimum absolute atomic E-state index is 0.0154. The molecule has 2 N–H and O–H groups in total. The van der Waals surface area contributed by atoms with Crippen LogP contribution < -0.4 is 0 Å². The molecule has 0 aliphatic rings. The van der Waals surface area contributed by atoms with Gasteiger partial charge < -0.3 is 10.2 Å². The third kappa shape index (κ3) is 8.70. The molecular formula is C34H34N6O4S. The largest absolute Gasteiger partial charge is 0.478 e. The van der Waals surface area contributed by atoms with Gasteiger partial charge in [-0.25, -0.2) is 14.8 Å². The van der Waals surface area contributed by atoms with E-state index in [1.807, 2.05) is 55.7 Å². The minimum Gasteiger partial charge on any atom is -0.478 e. The Morgan fingerprint density at radius 2 is 1.51 bits per heavy atom. The first kappa shape index (κ1) is 31.7. The molecule has 0 saturated heterocycles. The van der Waals surface area contributed by atoms with E-state index in [-0.39, 0.29) is 18.0 Å². The lowest BCUT2D eigenvalue weighted by atomic mass is 10.1. The molecule has 5 rings (SSSR count). The summed E-state index contributed by atoms with van der Waals surface area (Å²) < 4.78 is 0. The Bertz CT molecular complexity index is 1720. The third-order valence-corrected chi connectivity index (χ3v) is 8.31. The topological polar surface area (TPSA) is 133 Å². The van der Waals surface area contributed by atoms with Crippen molar-refractivity contribution < 1.29 is 19.8 Å².